The molecule has 1 heterocycles. The highest BCUT2D eigenvalue weighted by molar-refractivity contribution is 5.76. The molecule has 5 heteroatoms. The molecule has 5 nitrogen and oxygen atoms in total. The highest BCUT2D eigenvalue weighted by Gasteiger charge is 2.21. The molecule has 30 heavy (non-hydrogen) atoms. The predicted octanol–water partition coefficient (Wildman–Crippen LogP) is 5.32. The minimum atomic E-state index is 0.142. The number of nitriles is 1. The maximum atomic E-state index is 12.6. The number of carbonyl (C=O) groups is 1. The molecule has 0 radical (unpaired) electrons. The van der Waals surface area contributed by atoms with Gasteiger partial charge in [-0.2, -0.15) is 5.26 Å². The number of fused-ring (bicyclic) bond motifs is 1. The minimum Gasteiger partial charge on any atom is -0.486 e. The Balaban J connectivity index is 1.58. The summed E-state index contributed by atoms with van der Waals surface area (Å²) in [6, 6.07) is 8.48. The van der Waals surface area contributed by atoms with Crippen LogP contribution in [-0.4, -0.2) is 25.2 Å². The third-order valence-electron chi connectivity index (χ3n) is 6.24. The summed E-state index contributed by atoms with van der Waals surface area (Å²) >= 11 is 0. The molecule has 1 fully saturated rings. The maximum absolute atomic E-state index is 12.6. The highest BCUT2D eigenvalue weighted by atomic mass is 16.6. The summed E-state index contributed by atoms with van der Waals surface area (Å²) in [5, 5.41) is 12.0. The molecule has 0 unspecified atom stereocenters. The normalized spacial score (nSPS) is 17.6. The zero-order valence-electron chi connectivity index (χ0n) is 18.2. The summed E-state index contributed by atoms with van der Waals surface area (Å²) in [5.74, 6) is 2.47. The molecule has 1 atom stereocenters. The quantitative estimate of drug-likeness (QED) is 0.417. The smallest absolute Gasteiger partial charge is 0.220 e. The van der Waals surface area contributed by atoms with Crippen molar-refractivity contribution in [1.29, 1.82) is 5.26 Å². The molecule has 0 spiro atoms. The fraction of sp³-hybridized carbons (Fsp3) is 0.680. The lowest BCUT2D eigenvalue weighted by Gasteiger charge is -2.25. The number of hydrogen-bond donors (Lipinski definition) is 1. The molecule has 1 N–H and O–H groups in total. The Labute approximate surface area is 181 Å². The van der Waals surface area contributed by atoms with Gasteiger partial charge in [0.15, 0.2) is 11.5 Å². The van der Waals surface area contributed by atoms with E-state index in [2.05, 4.69) is 23.5 Å². The minimum absolute atomic E-state index is 0.142. The van der Waals surface area contributed by atoms with E-state index in [9.17, 15) is 4.79 Å². The molecule has 1 amide bonds. The average molecular weight is 413 g/mol. The van der Waals surface area contributed by atoms with Crippen LogP contribution in [0.4, 0.5) is 0 Å². The summed E-state index contributed by atoms with van der Waals surface area (Å²) in [4.78, 5) is 12.6. The molecule has 1 aliphatic heterocycles. The second kappa shape index (κ2) is 12.5. The second-order valence-electron chi connectivity index (χ2n) is 8.76. The van der Waals surface area contributed by atoms with E-state index < -0.39 is 0 Å². The van der Waals surface area contributed by atoms with Gasteiger partial charge < -0.3 is 14.8 Å². The lowest BCUT2D eigenvalue weighted by atomic mass is 9.89. The molecule has 0 aromatic heterocycles. The van der Waals surface area contributed by atoms with Crippen LogP contribution in [0.15, 0.2) is 18.2 Å². The van der Waals surface area contributed by atoms with E-state index in [-0.39, 0.29) is 11.9 Å². The predicted molar refractivity (Wildman–Crippen MR) is 118 cm³/mol. The van der Waals surface area contributed by atoms with Gasteiger partial charge in [-0.05, 0) is 49.3 Å². The summed E-state index contributed by atoms with van der Waals surface area (Å²) in [6.07, 6.45) is 13.6. The monoisotopic (exact) mass is 412 g/mol. The number of nitrogens with zero attached hydrogens (tertiary/aromatic N) is 1. The zero-order chi connectivity index (χ0) is 21.0. The van der Waals surface area contributed by atoms with E-state index in [0.717, 1.165) is 43.6 Å². The molecule has 1 saturated carbocycles. The zero-order valence-corrected chi connectivity index (χ0v) is 18.2. The lowest BCUT2D eigenvalue weighted by Crippen LogP contribution is -2.38. The van der Waals surface area contributed by atoms with E-state index >= 15 is 0 Å². The molecule has 1 aliphatic carbocycles. The van der Waals surface area contributed by atoms with E-state index in [4.69, 9.17) is 14.7 Å². The van der Waals surface area contributed by atoms with Crippen molar-refractivity contribution in [2.24, 2.45) is 5.92 Å². The third kappa shape index (κ3) is 7.55. The van der Waals surface area contributed by atoms with Crippen molar-refractivity contribution in [2.75, 3.05) is 13.2 Å². The van der Waals surface area contributed by atoms with Gasteiger partial charge in [-0.25, -0.2) is 0 Å². The Morgan fingerprint density at radius 1 is 1.07 bits per heavy atom. The Kier molecular flexibility index (Phi) is 9.34. The van der Waals surface area contributed by atoms with E-state index in [0.29, 0.717) is 32.0 Å². The van der Waals surface area contributed by atoms with Gasteiger partial charge in [-0.15, -0.1) is 0 Å². The van der Waals surface area contributed by atoms with Crippen LogP contribution >= 0.6 is 0 Å². The maximum Gasteiger partial charge on any atom is 0.220 e. The summed E-state index contributed by atoms with van der Waals surface area (Å²) in [5.41, 5.74) is 1.19. The molecular weight excluding hydrogens is 376 g/mol. The first-order valence-corrected chi connectivity index (χ1v) is 11.8. The van der Waals surface area contributed by atoms with Crippen molar-refractivity contribution < 1.29 is 14.3 Å². The van der Waals surface area contributed by atoms with Crippen molar-refractivity contribution >= 4 is 5.91 Å². The number of hydrogen-bond acceptors (Lipinski definition) is 4. The van der Waals surface area contributed by atoms with Crippen LogP contribution in [0, 0.1) is 17.2 Å². The van der Waals surface area contributed by atoms with E-state index in [1.54, 1.807) is 0 Å². The summed E-state index contributed by atoms with van der Waals surface area (Å²) < 4.78 is 11.4. The Morgan fingerprint density at radius 3 is 2.60 bits per heavy atom. The average Bonchev–Trinajstić information content (AvgIpc) is 3.02. The van der Waals surface area contributed by atoms with Gasteiger partial charge in [0.2, 0.25) is 5.91 Å². The van der Waals surface area contributed by atoms with Crippen molar-refractivity contribution in [3.63, 3.8) is 0 Å². The van der Waals surface area contributed by atoms with E-state index in [1.807, 2.05) is 6.07 Å². The van der Waals surface area contributed by atoms with Gasteiger partial charge in [-0.3, -0.25) is 4.79 Å². The van der Waals surface area contributed by atoms with Crippen LogP contribution in [-0.2, 0) is 11.2 Å². The topological polar surface area (TPSA) is 71.4 Å². The number of benzene rings is 1. The van der Waals surface area contributed by atoms with Crippen LogP contribution in [0.5, 0.6) is 11.5 Å². The van der Waals surface area contributed by atoms with Crippen LogP contribution < -0.4 is 14.8 Å². The fourth-order valence-electron chi connectivity index (χ4n) is 4.66. The van der Waals surface area contributed by atoms with Gasteiger partial charge >= 0.3 is 0 Å². The van der Waals surface area contributed by atoms with Crippen molar-refractivity contribution in [1.82, 2.24) is 5.32 Å². The van der Waals surface area contributed by atoms with Crippen LogP contribution in [0.25, 0.3) is 0 Å². The van der Waals surface area contributed by atoms with Gasteiger partial charge in [0, 0.05) is 18.9 Å². The molecule has 164 valence electrons. The standard InChI is InChI=1S/C25H36N2O3/c26-14-8-4-3-7-11-25(28)27-22(17-20-9-5-1-2-6-10-20)18-21-12-13-23-24(19-21)30-16-15-29-23/h12-13,19-20,22H,1-11,15-18H2,(H,27,28)/t22-/m1/s1. The Morgan fingerprint density at radius 2 is 1.83 bits per heavy atom. The fourth-order valence-corrected chi connectivity index (χ4v) is 4.66. The second-order valence-corrected chi connectivity index (χ2v) is 8.76. The Bertz CT molecular complexity index is 705. The molecule has 1 aromatic rings. The summed E-state index contributed by atoms with van der Waals surface area (Å²) in [6.45, 7) is 1.19. The van der Waals surface area contributed by atoms with Crippen LogP contribution in [0.1, 0.15) is 82.6 Å². The number of rotatable bonds is 10. The number of amides is 1. The molecule has 2 aliphatic rings. The molecule has 0 bridgehead atoms. The van der Waals surface area contributed by atoms with Crippen molar-refractivity contribution in [3.05, 3.63) is 23.8 Å². The van der Waals surface area contributed by atoms with Crippen LogP contribution in [0.3, 0.4) is 0 Å². The van der Waals surface area contributed by atoms with Crippen LogP contribution in [0.2, 0.25) is 0 Å². The molecule has 0 saturated heterocycles. The largest absolute Gasteiger partial charge is 0.486 e. The molecule has 3 rings (SSSR count). The number of ether oxygens (including phenoxy) is 2. The van der Waals surface area contributed by atoms with Gasteiger partial charge in [0.25, 0.3) is 0 Å². The lowest BCUT2D eigenvalue weighted by molar-refractivity contribution is -0.122. The third-order valence-corrected chi connectivity index (χ3v) is 6.24. The molecular formula is C25H36N2O3. The SMILES string of the molecule is N#CCCCCCC(=O)N[C@@H](Cc1ccc2c(c1)OCCO2)CC1CCCCCC1. The number of nitrogens with one attached hydrogen (secondary N) is 1. The first-order valence-electron chi connectivity index (χ1n) is 11.8. The number of carbonyl (C=O) groups excluding carboxylic acids is 1. The first kappa shape index (κ1) is 22.5. The molecule has 1 aromatic carbocycles. The number of unbranched alkanes of at least 4 members (excludes halogenated alkanes) is 3. The summed E-state index contributed by atoms with van der Waals surface area (Å²) in [7, 11) is 0. The first-order chi connectivity index (χ1) is 14.7. The van der Waals surface area contributed by atoms with Crippen molar-refractivity contribution in [3.8, 4) is 17.6 Å². The van der Waals surface area contributed by atoms with Gasteiger partial charge in [0.1, 0.15) is 13.2 Å². The van der Waals surface area contributed by atoms with E-state index in [1.165, 1.54) is 44.1 Å². The Hall–Kier alpha value is -2.22. The van der Waals surface area contributed by atoms with Gasteiger partial charge in [-0.1, -0.05) is 51.0 Å². The highest BCUT2D eigenvalue weighted by Crippen LogP contribution is 2.32. The van der Waals surface area contributed by atoms with Crippen molar-refractivity contribution in [2.45, 2.75) is 89.5 Å². The van der Waals surface area contributed by atoms with Gasteiger partial charge in [0.05, 0.1) is 6.07 Å².